The lowest BCUT2D eigenvalue weighted by molar-refractivity contribution is -0.145. The van der Waals surface area contributed by atoms with Gasteiger partial charge in [0.1, 0.15) is 6.10 Å². The van der Waals surface area contributed by atoms with Crippen LogP contribution in [0.25, 0.3) is 0 Å². The summed E-state index contributed by atoms with van der Waals surface area (Å²) < 4.78 is 16.5. The summed E-state index contributed by atoms with van der Waals surface area (Å²) in [5.74, 6) is -0.613. The van der Waals surface area contributed by atoms with E-state index in [1.165, 1.54) is 6.08 Å². The van der Waals surface area contributed by atoms with Crippen molar-refractivity contribution in [1.29, 1.82) is 0 Å². The summed E-state index contributed by atoms with van der Waals surface area (Å²) in [6.45, 7) is 9.65. The van der Waals surface area contributed by atoms with Crippen LogP contribution in [0.3, 0.4) is 0 Å². The van der Waals surface area contributed by atoms with Crippen LogP contribution in [0.15, 0.2) is 12.7 Å². The van der Waals surface area contributed by atoms with E-state index in [1.54, 1.807) is 0 Å². The van der Waals surface area contributed by atoms with Gasteiger partial charge in [0.05, 0.1) is 13.2 Å². The van der Waals surface area contributed by atoms with E-state index in [4.69, 9.17) is 14.2 Å². The Morgan fingerprint density at radius 1 is 1.56 bits per heavy atom. The van der Waals surface area contributed by atoms with Crippen LogP contribution in [0.2, 0.25) is 0 Å². The molecule has 1 amide bonds. The van der Waals surface area contributed by atoms with Crippen molar-refractivity contribution in [2.75, 3.05) is 26.4 Å². The normalized spacial score (nSPS) is 21.8. The quantitative estimate of drug-likeness (QED) is 0.525. The molecule has 1 unspecified atom stereocenters. The van der Waals surface area contributed by atoms with E-state index in [2.05, 4.69) is 11.9 Å². The number of nitrogens with one attached hydrogen (secondary N) is 1. The van der Waals surface area contributed by atoms with Crippen molar-refractivity contribution in [3.8, 4) is 0 Å². The number of ether oxygens (including phenoxy) is 3. The predicted octanol–water partition coefficient (Wildman–Crippen LogP) is 1.24. The maximum Gasteiger partial charge on any atom is 0.243 e. The van der Waals surface area contributed by atoms with Gasteiger partial charge in [0.15, 0.2) is 5.79 Å². The molecule has 0 spiro atoms. The number of carbonyl (C=O) groups is 1. The second kappa shape index (κ2) is 7.51. The van der Waals surface area contributed by atoms with Gasteiger partial charge in [-0.25, -0.2) is 0 Å². The minimum atomic E-state index is -0.483. The Hall–Kier alpha value is -0.910. The number of unbranched alkanes of at least 4 members (excludes halogenated alkanes) is 1. The molecule has 0 bridgehead atoms. The summed E-state index contributed by atoms with van der Waals surface area (Å²) in [6.07, 6.45) is 3.11. The third-order valence-corrected chi connectivity index (χ3v) is 2.57. The molecule has 1 atom stereocenters. The molecule has 1 heterocycles. The van der Waals surface area contributed by atoms with Gasteiger partial charge in [-0.15, -0.1) is 0 Å². The molecule has 18 heavy (non-hydrogen) atoms. The van der Waals surface area contributed by atoms with Crippen molar-refractivity contribution >= 4 is 5.91 Å². The smallest absolute Gasteiger partial charge is 0.243 e. The van der Waals surface area contributed by atoms with Crippen molar-refractivity contribution < 1.29 is 19.0 Å². The van der Waals surface area contributed by atoms with Gasteiger partial charge in [-0.05, 0) is 32.8 Å². The Bertz CT molecular complexity index is 278. The molecule has 0 aromatic heterocycles. The van der Waals surface area contributed by atoms with Crippen LogP contribution in [-0.2, 0) is 19.0 Å². The van der Waals surface area contributed by atoms with E-state index in [-0.39, 0.29) is 12.0 Å². The molecule has 1 aliphatic heterocycles. The van der Waals surface area contributed by atoms with Crippen LogP contribution >= 0.6 is 0 Å². The van der Waals surface area contributed by atoms with Gasteiger partial charge in [0.25, 0.3) is 0 Å². The lowest BCUT2D eigenvalue weighted by Crippen LogP contribution is -2.24. The standard InChI is InChI=1S/C13H23NO4/c1-4-12(15)14-7-5-6-8-16-9-11-10-17-13(2,3)18-11/h4,11H,1,5-10H2,2-3H3,(H,14,15). The SMILES string of the molecule is C=CC(=O)NCCCCOCC1COC(C)(C)O1. The molecule has 0 aromatic carbocycles. The first-order valence-corrected chi connectivity index (χ1v) is 6.33. The molecule has 0 radical (unpaired) electrons. The first kappa shape index (κ1) is 15.1. The van der Waals surface area contributed by atoms with E-state index >= 15 is 0 Å². The van der Waals surface area contributed by atoms with Crippen LogP contribution in [0.1, 0.15) is 26.7 Å². The Labute approximate surface area is 108 Å². The molecule has 5 nitrogen and oxygen atoms in total. The minimum Gasteiger partial charge on any atom is -0.379 e. The average molecular weight is 257 g/mol. The fourth-order valence-electron chi connectivity index (χ4n) is 1.67. The Morgan fingerprint density at radius 2 is 2.33 bits per heavy atom. The molecular formula is C13H23NO4. The Balaban J connectivity index is 1.90. The third kappa shape index (κ3) is 6.14. The maximum atomic E-state index is 10.8. The van der Waals surface area contributed by atoms with Gasteiger partial charge in [-0.2, -0.15) is 0 Å². The van der Waals surface area contributed by atoms with Gasteiger partial charge < -0.3 is 19.5 Å². The largest absolute Gasteiger partial charge is 0.379 e. The zero-order valence-corrected chi connectivity index (χ0v) is 11.2. The van der Waals surface area contributed by atoms with E-state index in [0.29, 0.717) is 26.4 Å². The summed E-state index contributed by atoms with van der Waals surface area (Å²) in [5, 5.41) is 2.72. The predicted molar refractivity (Wildman–Crippen MR) is 68.2 cm³/mol. The van der Waals surface area contributed by atoms with Crippen molar-refractivity contribution in [1.82, 2.24) is 5.32 Å². The average Bonchev–Trinajstić information content (AvgIpc) is 2.67. The first-order valence-electron chi connectivity index (χ1n) is 6.33. The number of carbonyl (C=O) groups excluding carboxylic acids is 1. The van der Waals surface area contributed by atoms with Gasteiger partial charge in [-0.3, -0.25) is 4.79 Å². The third-order valence-electron chi connectivity index (χ3n) is 2.57. The first-order chi connectivity index (χ1) is 8.53. The van der Waals surface area contributed by atoms with Crippen LogP contribution in [0, 0.1) is 0 Å². The molecule has 1 rings (SSSR count). The molecule has 0 aromatic rings. The molecule has 0 aliphatic carbocycles. The molecule has 1 aliphatic rings. The number of hydrogen-bond acceptors (Lipinski definition) is 4. The van der Waals surface area contributed by atoms with Crippen LogP contribution in [-0.4, -0.2) is 44.2 Å². The fraction of sp³-hybridized carbons (Fsp3) is 0.769. The maximum absolute atomic E-state index is 10.8. The monoisotopic (exact) mass is 257 g/mol. The number of amides is 1. The number of hydrogen-bond donors (Lipinski definition) is 1. The molecule has 5 heteroatoms. The lowest BCUT2D eigenvalue weighted by atomic mass is 10.3. The summed E-state index contributed by atoms with van der Waals surface area (Å²) in [6, 6.07) is 0. The van der Waals surface area contributed by atoms with Gasteiger partial charge in [0, 0.05) is 13.2 Å². The summed E-state index contributed by atoms with van der Waals surface area (Å²) in [7, 11) is 0. The van der Waals surface area contributed by atoms with Gasteiger partial charge >= 0.3 is 0 Å². The van der Waals surface area contributed by atoms with E-state index in [9.17, 15) is 4.79 Å². The Morgan fingerprint density at radius 3 is 2.94 bits per heavy atom. The molecular weight excluding hydrogens is 234 g/mol. The summed E-state index contributed by atoms with van der Waals surface area (Å²) >= 11 is 0. The summed E-state index contributed by atoms with van der Waals surface area (Å²) in [5.41, 5.74) is 0. The highest BCUT2D eigenvalue weighted by Gasteiger charge is 2.32. The van der Waals surface area contributed by atoms with Crippen molar-refractivity contribution in [3.63, 3.8) is 0 Å². The van der Waals surface area contributed by atoms with Crippen LogP contribution in [0.4, 0.5) is 0 Å². The number of rotatable bonds is 8. The van der Waals surface area contributed by atoms with Crippen molar-refractivity contribution in [3.05, 3.63) is 12.7 Å². The van der Waals surface area contributed by atoms with E-state index < -0.39 is 5.79 Å². The molecule has 0 saturated carbocycles. The second-order valence-electron chi connectivity index (χ2n) is 4.73. The van der Waals surface area contributed by atoms with E-state index in [1.807, 2.05) is 13.8 Å². The summed E-state index contributed by atoms with van der Waals surface area (Å²) in [4.78, 5) is 10.8. The van der Waals surface area contributed by atoms with E-state index in [0.717, 1.165) is 12.8 Å². The fourth-order valence-corrected chi connectivity index (χ4v) is 1.67. The minimum absolute atomic E-state index is 0.0282. The zero-order valence-electron chi connectivity index (χ0n) is 11.2. The molecule has 104 valence electrons. The van der Waals surface area contributed by atoms with Gasteiger partial charge in [0.2, 0.25) is 5.91 Å². The second-order valence-corrected chi connectivity index (χ2v) is 4.73. The molecule has 1 N–H and O–H groups in total. The topological polar surface area (TPSA) is 56.8 Å². The highest BCUT2D eigenvalue weighted by molar-refractivity contribution is 5.86. The van der Waals surface area contributed by atoms with Crippen LogP contribution < -0.4 is 5.32 Å². The Kier molecular flexibility index (Phi) is 6.32. The van der Waals surface area contributed by atoms with Crippen molar-refractivity contribution in [2.45, 2.75) is 38.6 Å². The molecule has 1 saturated heterocycles. The highest BCUT2D eigenvalue weighted by atomic mass is 16.7. The van der Waals surface area contributed by atoms with Crippen molar-refractivity contribution in [2.24, 2.45) is 0 Å². The highest BCUT2D eigenvalue weighted by Crippen LogP contribution is 2.22. The zero-order chi connectivity index (χ0) is 13.4. The lowest BCUT2D eigenvalue weighted by Gasteiger charge is -2.17. The van der Waals surface area contributed by atoms with Gasteiger partial charge in [-0.1, -0.05) is 6.58 Å². The molecule has 1 fully saturated rings. The van der Waals surface area contributed by atoms with Crippen LogP contribution in [0.5, 0.6) is 0 Å².